The molecule has 3 aromatic carbocycles. The molecule has 0 saturated carbocycles. The fourth-order valence-electron chi connectivity index (χ4n) is 4.33. The fraction of sp³-hybridized carbons (Fsp3) is 0.125. The first-order valence-corrected chi connectivity index (χ1v) is 12.5. The van der Waals surface area contributed by atoms with E-state index in [4.69, 9.17) is 14.6 Å². The summed E-state index contributed by atoms with van der Waals surface area (Å²) in [5.41, 5.74) is 3.62. The van der Waals surface area contributed by atoms with Crippen molar-refractivity contribution in [3.05, 3.63) is 107 Å². The van der Waals surface area contributed by atoms with Crippen LogP contribution in [-0.4, -0.2) is 48.6 Å². The van der Waals surface area contributed by atoms with E-state index in [0.29, 0.717) is 4.90 Å². The number of nitriles is 1. The van der Waals surface area contributed by atoms with Crippen LogP contribution in [-0.2, 0) is 14.4 Å². The summed E-state index contributed by atoms with van der Waals surface area (Å²) in [4.78, 5) is 39.1. The molecule has 9 nitrogen and oxygen atoms in total. The maximum Gasteiger partial charge on any atom is 0.323 e. The molecule has 0 unspecified atom stereocenters. The molecule has 0 atom stereocenters. The summed E-state index contributed by atoms with van der Waals surface area (Å²) in [5.74, 6) is -1.53. The molecule has 0 fully saturated rings. The molecule has 0 saturated heterocycles. The van der Waals surface area contributed by atoms with Crippen molar-refractivity contribution >= 4 is 40.9 Å². The number of carboxylic acid groups (broad SMARTS) is 1. The van der Waals surface area contributed by atoms with E-state index >= 15 is 0 Å². The molecule has 3 aromatic rings. The minimum atomic E-state index is -1.35. The Morgan fingerprint density at radius 2 is 1.37 bits per heavy atom. The highest BCUT2D eigenvalue weighted by atomic mass is 16.5. The Labute approximate surface area is 237 Å². The van der Waals surface area contributed by atoms with Crippen molar-refractivity contribution in [3.8, 4) is 17.6 Å². The summed E-state index contributed by atoms with van der Waals surface area (Å²) < 4.78 is 10.6. The third kappa shape index (κ3) is 6.18. The van der Waals surface area contributed by atoms with Gasteiger partial charge in [-0.15, -0.1) is 0 Å². The second-order valence-electron chi connectivity index (χ2n) is 8.96. The lowest BCUT2D eigenvalue weighted by Gasteiger charge is -2.26. The van der Waals surface area contributed by atoms with Crippen LogP contribution in [0.1, 0.15) is 12.5 Å². The van der Waals surface area contributed by atoms with Gasteiger partial charge < -0.3 is 19.5 Å². The van der Waals surface area contributed by atoms with Crippen LogP contribution in [0.3, 0.4) is 0 Å². The number of carboxylic acids is 1. The molecule has 206 valence electrons. The molecule has 1 N–H and O–H groups in total. The molecular weight excluding hydrogens is 522 g/mol. The Morgan fingerprint density at radius 3 is 1.80 bits per heavy atom. The van der Waals surface area contributed by atoms with Crippen LogP contribution in [0.5, 0.6) is 11.5 Å². The van der Waals surface area contributed by atoms with E-state index in [2.05, 4.69) is 4.90 Å². The number of allylic oxidation sites excluding steroid dienone is 2. The van der Waals surface area contributed by atoms with Gasteiger partial charge in [0.25, 0.3) is 11.8 Å². The van der Waals surface area contributed by atoms with Crippen LogP contribution in [0, 0.1) is 11.3 Å². The Balaban J connectivity index is 1.63. The molecule has 0 bridgehead atoms. The number of amides is 2. The van der Waals surface area contributed by atoms with Crippen LogP contribution >= 0.6 is 0 Å². The molecule has 4 rings (SSSR count). The van der Waals surface area contributed by atoms with Gasteiger partial charge in [0.1, 0.15) is 29.7 Å². The van der Waals surface area contributed by atoms with E-state index in [0.717, 1.165) is 34.1 Å². The zero-order valence-corrected chi connectivity index (χ0v) is 22.7. The van der Waals surface area contributed by atoms with Gasteiger partial charge in [-0.3, -0.25) is 19.3 Å². The summed E-state index contributed by atoms with van der Waals surface area (Å²) >= 11 is 0. The number of anilines is 3. The van der Waals surface area contributed by atoms with Crippen LogP contribution < -0.4 is 14.4 Å². The predicted molar refractivity (Wildman–Crippen MR) is 154 cm³/mol. The van der Waals surface area contributed by atoms with Crippen molar-refractivity contribution in [2.75, 3.05) is 25.7 Å². The van der Waals surface area contributed by atoms with Crippen molar-refractivity contribution in [1.29, 1.82) is 5.26 Å². The summed E-state index contributed by atoms with van der Waals surface area (Å²) in [6.45, 7) is 0.672. The number of benzene rings is 3. The van der Waals surface area contributed by atoms with Crippen LogP contribution in [0.25, 0.3) is 6.08 Å². The number of methoxy groups -OCH3 is 2. The minimum absolute atomic E-state index is 0.0838. The standard InChI is InChI=1S/C32H27N3O6/c1-21-28(31(38)34(20-30(36)37)32(39)29(21)19-33)6-4-5-22-7-9-23(10-8-22)35(24-11-15-26(40-2)16-12-24)25-13-17-27(41-3)18-14-25/h4-18H,20H2,1-3H3,(H,36,37)/b5-4+,28-6-. The Hall–Kier alpha value is -5.62. The topological polar surface area (TPSA) is 120 Å². The van der Waals surface area contributed by atoms with E-state index in [1.165, 1.54) is 13.0 Å². The number of carbonyl (C=O) groups is 3. The Kier molecular flexibility index (Phi) is 8.65. The van der Waals surface area contributed by atoms with Gasteiger partial charge in [-0.05, 0) is 84.8 Å². The van der Waals surface area contributed by atoms with E-state index in [-0.39, 0.29) is 16.7 Å². The molecular formula is C32H27N3O6. The van der Waals surface area contributed by atoms with Gasteiger partial charge in [-0.25, -0.2) is 0 Å². The lowest BCUT2D eigenvalue weighted by Crippen LogP contribution is -2.45. The SMILES string of the molecule is COc1ccc(N(c2ccc(/C=C/C=C3\C(=O)N(CC(=O)O)C(=O)C(C#N)=C3C)cc2)c2ccc(OC)cc2)cc1. The normalized spacial score (nSPS) is 14.4. The van der Waals surface area contributed by atoms with E-state index < -0.39 is 24.3 Å². The van der Waals surface area contributed by atoms with E-state index in [1.807, 2.05) is 72.8 Å². The van der Waals surface area contributed by atoms with Gasteiger partial charge in [0.05, 0.1) is 14.2 Å². The van der Waals surface area contributed by atoms with Crippen LogP contribution in [0.2, 0.25) is 0 Å². The molecule has 0 radical (unpaired) electrons. The van der Waals surface area contributed by atoms with Gasteiger partial charge in [0.2, 0.25) is 0 Å². The zero-order chi connectivity index (χ0) is 29.5. The number of hydrogen-bond donors (Lipinski definition) is 1. The summed E-state index contributed by atoms with van der Waals surface area (Å²) in [6.07, 6.45) is 4.87. The van der Waals surface area contributed by atoms with Gasteiger partial charge >= 0.3 is 5.97 Å². The highest BCUT2D eigenvalue weighted by Gasteiger charge is 2.36. The maximum atomic E-state index is 12.8. The summed E-state index contributed by atoms with van der Waals surface area (Å²) in [7, 11) is 3.24. The van der Waals surface area contributed by atoms with Crippen molar-refractivity contribution in [3.63, 3.8) is 0 Å². The second-order valence-corrected chi connectivity index (χ2v) is 8.96. The molecule has 1 aliphatic rings. The first-order valence-electron chi connectivity index (χ1n) is 12.5. The van der Waals surface area contributed by atoms with Crippen molar-refractivity contribution in [2.45, 2.75) is 6.92 Å². The molecule has 1 heterocycles. The average Bonchev–Trinajstić information content (AvgIpc) is 2.99. The van der Waals surface area contributed by atoms with Gasteiger partial charge in [-0.2, -0.15) is 5.26 Å². The van der Waals surface area contributed by atoms with Gasteiger partial charge in [0, 0.05) is 22.6 Å². The third-order valence-corrected chi connectivity index (χ3v) is 6.48. The number of ether oxygens (including phenoxy) is 2. The Bertz CT molecular complexity index is 1550. The van der Waals surface area contributed by atoms with Crippen molar-refractivity contribution in [2.24, 2.45) is 0 Å². The molecule has 41 heavy (non-hydrogen) atoms. The van der Waals surface area contributed by atoms with E-state index in [1.54, 1.807) is 32.4 Å². The maximum absolute atomic E-state index is 12.8. The average molecular weight is 550 g/mol. The molecule has 1 aliphatic heterocycles. The van der Waals surface area contributed by atoms with Crippen molar-refractivity contribution < 1.29 is 29.0 Å². The minimum Gasteiger partial charge on any atom is -0.497 e. The van der Waals surface area contributed by atoms with Gasteiger partial charge in [-0.1, -0.05) is 24.3 Å². The van der Waals surface area contributed by atoms with Crippen LogP contribution in [0.4, 0.5) is 17.1 Å². The number of hydrogen-bond acceptors (Lipinski definition) is 7. The molecule has 0 aliphatic carbocycles. The predicted octanol–water partition coefficient (Wildman–Crippen LogP) is 5.41. The van der Waals surface area contributed by atoms with Crippen LogP contribution in [0.15, 0.2) is 102 Å². The quantitative estimate of drug-likeness (QED) is 0.278. The monoisotopic (exact) mass is 549 g/mol. The number of nitrogens with zero attached hydrogens (tertiary/aromatic N) is 3. The second kappa shape index (κ2) is 12.5. The summed E-state index contributed by atoms with van der Waals surface area (Å²) in [6, 6.07) is 25.0. The van der Waals surface area contributed by atoms with Crippen molar-refractivity contribution in [1.82, 2.24) is 4.90 Å². The smallest absolute Gasteiger partial charge is 0.323 e. The third-order valence-electron chi connectivity index (χ3n) is 6.48. The van der Waals surface area contributed by atoms with E-state index in [9.17, 15) is 19.6 Å². The highest BCUT2D eigenvalue weighted by Crippen LogP contribution is 2.36. The largest absolute Gasteiger partial charge is 0.497 e. The van der Waals surface area contributed by atoms with Gasteiger partial charge in [0.15, 0.2) is 0 Å². The fourth-order valence-corrected chi connectivity index (χ4v) is 4.33. The number of carbonyl (C=O) groups excluding carboxylic acids is 2. The number of rotatable bonds is 9. The molecule has 2 amide bonds. The zero-order valence-electron chi connectivity index (χ0n) is 22.7. The lowest BCUT2D eigenvalue weighted by molar-refractivity contribution is -0.149. The number of aliphatic carboxylic acids is 1. The number of imide groups is 1. The summed E-state index contributed by atoms with van der Waals surface area (Å²) in [5, 5.41) is 18.5. The first kappa shape index (κ1) is 28.4. The Morgan fingerprint density at radius 1 is 0.878 bits per heavy atom. The molecule has 9 heteroatoms. The molecule has 0 aromatic heterocycles. The first-order chi connectivity index (χ1) is 19.8. The molecule has 0 spiro atoms. The lowest BCUT2D eigenvalue weighted by atomic mass is 9.95. The highest BCUT2D eigenvalue weighted by molar-refractivity contribution is 6.19.